The Morgan fingerprint density at radius 3 is 2.78 bits per heavy atom. The lowest BCUT2D eigenvalue weighted by atomic mass is 10.0. The summed E-state index contributed by atoms with van der Waals surface area (Å²) in [7, 11) is 0. The van der Waals surface area contributed by atoms with Crippen molar-refractivity contribution in [1.82, 2.24) is 4.90 Å². The van der Waals surface area contributed by atoms with Crippen molar-refractivity contribution in [2.24, 2.45) is 5.73 Å². The molecule has 18 heavy (non-hydrogen) atoms. The van der Waals surface area contributed by atoms with Gasteiger partial charge in [0.25, 0.3) is 5.91 Å². The predicted octanol–water partition coefficient (Wildman–Crippen LogP) is 3.55. The summed E-state index contributed by atoms with van der Waals surface area (Å²) in [6.45, 7) is 0.723. The van der Waals surface area contributed by atoms with Crippen LogP contribution in [0, 0.1) is 0 Å². The van der Waals surface area contributed by atoms with Crippen molar-refractivity contribution < 1.29 is 4.79 Å². The maximum Gasteiger partial charge on any atom is 0.256 e. The maximum absolute atomic E-state index is 12.5. The van der Waals surface area contributed by atoms with Gasteiger partial charge in [0.1, 0.15) is 0 Å². The first kappa shape index (κ1) is 14.4. The van der Waals surface area contributed by atoms with Crippen LogP contribution in [0.15, 0.2) is 13.6 Å². The van der Waals surface area contributed by atoms with Crippen LogP contribution in [0.4, 0.5) is 0 Å². The zero-order valence-electron chi connectivity index (χ0n) is 9.49. The second-order valence-corrected chi connectivity index (χ2v) is 8.37. The van der Waals surface area contributed by atoms with E-state index >= 15 is 0 Å². The van der Waals surface area contributed by atoms with Crippen LogP contribution in [0.5, 0.6) is 0 Å². The van der Waals surface area contributed by atoms with Gasteiger partial charge in [-0.2, -0.15) is 0 Å². The van der Waals surface area contributed by atoms with Crippen molar-refractivity contribution in [1.29, 1.82) is 0 Å². The molecule has 0 aromatic carbocycles. The van der Waals surface area contributed by atoms with Crippen molar-refractivity contribution in [2.75, 3.05) is 6.54 Å². The summed E-state index contributed by atoms with van der Waals surface area (Å²) in [5, 5.41) is 0. The van der Waals surface area contributed by atoms with Gasteiger partial charge >= 0.3 is 0 Å². The molecule has 2 heterocycles. The lowest BCUT2D eigenvalue weighted by Gasteiger charge is -2.35. The standard InChI is InChI=1S/C11H12Br2N2OS2/c12-8-5-6(9(13)18-8)11(16)15-4-2-1-3-7(15)10(14)17/h5,7H,1-4H2,(H2,14,17). The normalized spacial score (nSPS) is 19.9. The molecule has 1 fully saturated rings. The van der Waals surface area contributed by atoms with Gasteiger partial charge in [0.15, 0.2) is 0 Å². The number of carbonyl (C=O) groups is 1. The van der Waals surface area contributed by atoms with E-state index in [0.29, 0.717) is 10.6 Å². The van der Waals surface area contributed by atoms with Crippen molar-refractivity contribution in [2.45, 2.75) is 25.3 Å². The van der Waals surface area contributed by atoms with Crippen LogP contribution >= 0.6 is 55.4 Å². The van der Waals surface area contributed by atoms with Crippen molar-refractivity contribution >= 4 is 66.3 Å². The number of halogens is 2. The molecule has 0 bridgehead atoms. The Morgan fingerprint density at radius 2 is 2.22 bits per heavy atom. The monoisotopic (exact) mass is 410 g/mol. The number of thiophene rings is 1. The Kier molecular flexibility index (Phi) is 4.80. The smallest absolute Gasteiger partial charge is 0.256 e. The molecule has 2 rings (SSSR count). The molecule has 1 atom stereocenters. The van der Waals surface area contributed by atoms with E-state index in [4.69, 9.17) is 18.0 Å². The Hall–Kier alpha value is 0.0200. The SMILES string of the molecule is NC(=S)C1CCCCN1C(=O)c1cc(Br)sc1Br. The Morgan fingerprint density at radius 1 is 1.50 bits per heavy atom. The predicted molar refractivity (Wildman–Crippen MR) is 85.2 cm³/mol. The van der Waals surface area contributed by atoms with Gasteiger partial charge in [0, 0.05) is 6.54 Å². The van der Waals surface area contributed by atoms with E-state index in [2.05, 4.69) is 31.9 Å². The first-order chi connectivity index (χ1) is 8.50. The average molecular weight is 412 g/mol. The summed E-state index contributed by atoms with van der Waals surface area (Å²) in [4.78, 5) is 14.7. The van der Waals surface area contributed by atoms with Crippen molar-refractivity contribution in [3.05, 3.63) is 19.2 Å². The molecule has 2 N–H and O–H groups in total. The molecular formula is C11H12Br2N2OS2. The molecule has 1 aliphatic rings. The third kappa shape index (κ3) is 2.95. The van der Waals surface area contributed by atoms with E-state index in [9.17, 15) is 4.79 Å². The van der Waals surface area contributed by atoms with Gasteiger partial charge in [-0.05, 0) is 57.2 Å². The fourth-order valence-electron chi connectivity index (χ4n) is 2.11. The zero-order valence-corrected chi connectivity index (χ0v) is 14.3. The molecule has 1 amide bonds. The quantitative estimate of drug-likeness (QED) is 0.756. The van der Waals surface area contributed by atoms with E-state index in [1.807, 2.05) is 6.07 Å². The second kappa shape index (κ2) is 5.98. The lowest BCUT2D eigenvalue weighted by molar-refractivity contribution is 0.0681. The van der Waals surface area contributed by atoms with Crippen LogP contribution in [0.25, 0.3) is 0 Å². The molecule has 0 saturated carbocycles. The summed E-state index contributed by atoms with van der Waals surface area (Å²) in [5.74, 6) is 0.00123. The molecule has 0 radical (unpaired) electrons. The number of nitrogens with zero attached hydrogens (tertiary/aromatic N) is 1. The van der Waals surface area contributed by atoms with E-state index in [1.54, 1.807) is 4.90 Å². The molecule has 1 aromatic heterocycles. The summed E-state index contributed by atoms with van der Waals surface area (Å²) in [5.41, 5.74) is 6.41. The summed E-state index contributed by atoms with van der Waals surface area (Å²) in [6, 6.07) is 1.73. The Balaban J connectivity index is 2.26. The first-order valence-electron chi connectivity index (χ1n) is 5.56. The molecule has 7 heteroatoms. The van der Waals surface area contributed by atoms with Gasteiger partial charge in [-0.25, -0.2) is 0 Å². The number of hydrogen-bond acceptors (Lipinski definition) is 3. The van der Waals surface area contributed by atoms with E-state index in [1.165, 1.54) is 11.3 Å². The minimum Gasteiger partial charge on any atom is -0.392 e. The van der Waals surface area contributed by atoms with Crippen LogP contribution < -0.4 is 5.73 Å². The second-order valence-electron chi connectivity index (χ2n) is 4.15. The molecule has 3 nitrogen and oxygen atoms in total. The highest BCUT2D eigenvalue weighted by Crippen LogP contribution is 2.33. The molecule has 1 aliphatic heterocycles. The fourth-order valence-corrected chi connectivity index (χ4v) is 5.13. The zero-order chi connectivity index (χ0) is 13.3. The van der Waals surface area contributed by atoms with Crippen molar-refractivity contribution in [3.63, 3.8) is 0 Å². The van der Waals surface area contributed by atoms with Gasteiger partial charge < -0.3 is 10.6 Å². The van der Waals surface area contributed by atoms with Crippen molar-refractivity contribution in [3.8, 4) is 0 Å². The fraction of sp³-hybridized carbons (Fsp3) is 0.455. The third-order valence-electron chi connectivity index (χ3n) is 2.98. The van der Waals surface area contributed by atoms with Gasteiger partial charge in [0.05, 0.1) is 24.2 Å². The lowest BCUT2D eigenvalue weighted by Crippen LogP contribution is -2.49. The maximum atomic E-state index is 12.5. The highest BCUT2D eigenvalue weighted by molar-refractivity contribution is 9.12. The highest BCUT2D eigenvalue weighted by atomic mass is 79.9. The van der Waals surface area contributed by atoms with Crippen LogP contribution in [-0.4, -0.2) is 28.4 Å². The topological polar surface area (TPSA) is 46.3 Å². The van der Waals surface area contributed by atoms with Crippen LogP contribution in [-0.2, 0) is 0 Å². The van der Waals surface area contributed by atoms with Gasteiger partial charge in [-0.3, -0.25) is 4.79 Å². The number of hydrogen-bond donors (Lipinski definition) is 1. The summed E-state index contributed by atoms with van der Waals surface area (Å²) < 4.78 is 1.77. The van der Waals surface area contributed by atoms with E-state index < -0.39 is 0 Å². The molecular weight excluding hydrogens is 400 g/mol. The molecule has 1 unspecified atom stereocenters. The number of thiocarbonyl (C=S) groups is 1. The molecule has 0 spiro atoms. The minimum atomic E-state index is -0.105. The number of nitrogens with two attached hydrogens (primary N) is 1. The molecule has 1 saturated heterocycles. The van der Waals surface area contributed by atoms with Crippen LogP contribution in [0.2, 0.25) is 0 Å². The minimum absolute atomic E-state index is 0.00123. The molecule has 98 valence electrons. The molecule has 1 aromatic rings. The van der Waals surface area contributed by atoms with Gasteiger partial charge in [-0.1, -0.05) is 12.2 Å². The summed E-state index contributed by atoms with van der Waals surface area (Å²) >= 11 is 13.4. The van der Waals surface area contributed by atoms with Gasteiger partial charge in [0.2, 0.25) is 0 Å². The number of piperidine rings is 1. The average Bonchev–Trinajstić information content (AvgIpc) is 2.67. The Bertz CT molecular complexity index is 489. The van der Waals surface area contributed by atoms with Gasteiger partial charge in [-0.15, -0.1) is 11.3 Å². The highest BCUT2D eigenvalue weighted by Gasteiger charge is 2.30. The number of rotatable bonds is 2. The largest absolute Gasteiger partial charge is 0.392 e. The molecule has 0 aliphatic carbocycles. The number of likely N-dealkylation sites (tertiary alicyclic amines) is 1. The Labute approximate surface area is 132 Å². The summed E-state index contributed by atoms with van der Waals surface area (Å²) in [6.07, 6.45) is 2.94. The van der Waals surface area contributed by atoms with Crippen LogP contribution in [0.1, 0.15) is 29.6 Å². The number of carbonyl (C=O) groups excluding carboxylic acids is 1. The van der Waals surface area contributed by atoms with Crippen LogP contribution in [0.3, 0.4) is 0 Å². The number of amides is 1. The van der Waals surface area contributed by atoms with E-state index in [-0.39, 0.29) is 11.9 Å². The third-order valence-corrected chi connectivity index (χ3v) is 5.59. The first-order valence-corrected chi connectivity index (χ1v) is 8.37. The van der Waals surface area contributed by atoms with E-state index in [0.717, 1.165) is 33.4 Å².